The maximum absolute atomic E-state index is 2.41. The SMILES string of the molecule is CCC1C=Cc2cc3ccccc3cc2C1CC. The first-order valence-electron chi connectivity index (χ1n) is 7.04. The Morgan fingerprint density at radius 1 is 0.944 bits per heavy atom. The van der Waals surface area contributed by atoms with E-state index in [1.54, 1.807) is 5.56 Å². The van der Waals surface area contributed by atoms with Crippen LogP contribution in [0, 0.1) is 5.92 Å². The molecule has 0 aliphatic heterocycles. The zero-order chi connectivity index (χ0) is 12.5. The van der Waals surface area contributed by atoms with E-state index in [0.717, 1.165) is 0 Å². The summed E-state index contributed by atoms with van der Waals surface area (Å²) < 4.78 is 0. The maximum Gasteiger partial charge on any atom is -0.00955 e. The lowest BCUT2D eigenvalue weighted by Crippen LogP contribution is -2.14. The minimum atomic E-state index is 0.694. The third kappa shape index (κ3) is 1.77. The number of hydrogen-bond acceptors (Lipinski definition) is 0. The van der Waals surface area contributed by atoms with Crippen molar-refractivity contribution in [2.45, 2.75) is 32.6 Å². The van der Waals surface area contributed by atoms with Gasteiger partial charge in [0.2, 0.25) is 0 Å². The number of allylic oxidation sites excluding steroid dienone is 1. The molecule has 0 fully saturated rings. The minimum absolute atomic E-state index is 0.694. The van der Waals surface area contributed by atoms with Gasteiger partial charge in [-0.3, -0.25) is 0 Å². The van der Waals surface area contributed by atoms with Gasteiger partial charge in [-0.25, -0.2) is 0 Å². The molecule has 1 aliphatic rings. The van der Waals surface area contributed by atoms with E-state index in [9.17, 15) is 0 Å². The van der Waals surface area contributed by atoms with Crippen molar-refractivity contribution >= 4 is 16.8 Å². The Labute approximate surface area is 109 Å². The fraction of sp³-hybridized carbons (Fsp3) is 0.333. The first kappa shape index (κ1) is 11.5. The lowest BCUT2D eigenvalue weighted by atomic mass is 9.76. The molecule has 2 aromatic rings. The topological polar surface area (TPSA) is 0 Å². The highest BCUT2D eigenvalue weighted by Gasteiger charge is 2.23. The Balaban J connectivity index is 2.19. The van der Waals surface area contributed by atoms with Gasteiger partial charge in [0.1, 0.15) is 0 Å². The highest BCUT2D eigenvalue weighted by molar-refractivity contribution is 5.86. The van der Waals surface area contributed by atoms with Gasteiger partial charge in [-0.2, -0.15) is 0 Å². The molecule has 0 aromatic heterocycles. The molecule has 18 heavy (non-hydrogen) atoms. The van der Waals surface area contributed by atoms with Crippen molar-refractivity contribution in [1.29, 1.82) is 0 Å². The summed E-state index contributed by atoms with van der Waals surface area (Å²) in [5.74, 6) is 1.41. The second-order valence-electron chi connectivity index (χ2n) is 5.27. The lowest BCUT2D eigenvalue weighted by molar-refractivity contribution is 0.476. The molecule has 2 unspecified atom stereocenters. The van der Waals surface area contributed by atoms with E-state index in [1.807, 2.05) is 0 Å². The second kappa shape index (κ2) is 4.61. The predicted octanol–water partition coefficient (Wildman–Crippen LogP) is 5.39. The van der Waals surface area contributed by atoms with E-state index in [4.69, 9.17) is 0 Å². The highest BCUT2D eigenvalue weighted by Crippen LogP contribution is 2.39. The molecule has 1 aliphatic carbocycles. The standard InChI is InChI=1S/C18H20/c1-3-13-9-10-16-11-14-7-5-6-8-15(14)12-18(16)17(13)4-2/h5-13,17H,3-4H2,1-2H3. The quantitative estimate of drug-likeness (QED) is 0.656. The number of fused-ring (bicyclic) bond motifs is 2. The summed E-state index contributed by atoms with van der Waals surface area (Å²) in [6.45, 7) is 4.61. The highest BCUT2D eigenvalue weighted by atomic mass is 14.3. The lowest BCUT2D eigenvalue weighted by Gasteiger charge is -2.28. The largest absolute Gasteiger partial charge is 0.0802 e. The molecule has 0 heterocycles. The molecule has 92 valence electrons. The van der Waals surface area contributed by atoms with Crippen LogP contribution in [0.5, 0.6) is 0 Å². The Morgan fingerprint density at radius 3 is 2.33 bits per heavy atom. The van der Waals surface area contributed by atoms with Gasteiger partial charge in [0.05, 0.1) is 0 Å². The first-order valence-corrected chi connectivity index (χ1v) is 7.04. The summed E-state index contributed by atoms with van der Waals surface area (Å²) >= 11 is 0. The van der Waals surface area contributed by atoms with Crippen molar-refractivity contribution in [3.63, 3.8) is 0 Å². The molecular formula is C18H20. The van der Waals surface area contributed by atoms with Crippen LogP contribution >= 0.6 is 0 Å². The van der Waals surface area contributed by atoms with E-state index in [1.165, 1.54) is 29.2 Å². The summed E-state index contributed by atoms with van der Waals surface area (Å²) in [5, 5.41) is 2.73. The van der Waals surface area contributed by atoms with Gasteiger partial charge in [-0.15, -0.1) is 0 Å². The molecule has 0 spiro atoms. The number of hydrogen-bond donors (Lipinski definition) is 0. The van der Waals surface area contributed by atoms with Gasteiger partial charge in [0.25, 0.3) is 0 Å². The Hall–Kier alpha value is -1.56. The molecule has 0 heteroatoms. The van der Waals surface area contributed by atoms with Crippen LogP contribution < -0.4 is 0 Å². The van der Waals surface area contributed by atoms with Crippen molar-refractivity contribution in [1.82, 2.24) is 0 Å². The molecule has 0 saturated carbocycles. The van der Waals surface area contributed by atoms with Crippen LogP contribution in [0.2, 0.25) is 0 Å². The van der Waals surface area contributed by atoms with Crippen LogP contribution in [0.25, 0.3) is 16.8 Å². The molecule has 3 rings (SSSR count). The molecule has 0 bridgehead atoms. The zero-order valence-electron chi connectivity index (χ0n) is 11.2. The first-order chi connectivity index (χ1) is 8.83. The average Bonchev–Trinajstić information content (AvgIpc) is 2.43. The van der Waals surface area contributed by atoms with Crippen molar-refractivity contribution in [2.24, 2.45) is 5.92 Å². The van der Waals surface area contributed by atoms with E-state index < -0.39 is 0 Å². The van der Waals surface area contributed by atoms with Crippen molar-refractivity contribution in [3.8, 4) is 0 Å². The summed E-state index contributed by atoms with van der Waals surface area (Å²) in [5.41, 5.74) is 2.97. The predicted molar refractivity (Wildman–Crippen MR) is 79.8 cm³/mol. The molecule has 0 saturated heterocycles. The molecule has 0 radical (unpaired) electrons. The van der Waals surface area contributed by atoms with Gasteiger partial charge in [-0.1, -0.05) is 56.3 Å². The molecule has 2 atom stereocenters. The maximum atomic E-state index is 2.41. The van der Waals surface area contributed by atoms with Gasteiger partial charge in [-0.05, 0) is 52.6 Å². The molecule has 0 nitrogen and oxygen atoms in total. The van der Waals surface area contributed by atoms with Gasteiger partial charge < -0.3 is 0 Å². The molecule has 0 amide bonds. The number of benzene rings is 2. The second-order valence-corrected chi connectivity index (χ2v) is 5.27. The molecule has 2 aromatic carbocycles. The summed E-state index contributed by atoms with van der Waals surface area (Å²) in [6.07, 6.45) is 7.20. The minimum Gasteiger partial charge on any atom is -0.0802 e. The summed E-state index contributed by atoms with van der Waals surface area (Å²) in [4.78, 5) is 0. The Morgan fingerprint density at radius 2 is 1.67 bits per heavy atom. The normalized spacial score (nSPS) is 22.1. The Bertz CT molecular complexity index is 592. The third-order valence-corrected chi connectivity index (χ3v) is 4.30. The number of rotatable bonds is 2. The monoisotopic (exact) mass is 236 g/mol. The third-order valence-electron chi connectivity index (χ3n) is 4.30. The molecular weight excluding hydrogens is 216 g/mol. The van der Waals surface area contributed by atoms with E-state index >= 15 is 0 Å². The molecule has 0 N–H and O–H groups in total. The summed E-state index contributed by atoms with van der Waals surface area (Å²) in [7, 11) is 0. The van der Waals surface area contributed by atoms with Crippen molar-refractivity contribution in [2.75, 3.05) is 0 Å². The smallest absolute Gasteiger partial charge is 0.00955 e. The van der Waals surface area contributed by atoms with Crippen LogP contribution in [0.3, 0.4) is 0 Å². The summed E-state index contributed by atoms with van der Waals surface area (Å²) in [6, 6.07) is 13.4. The fourth-order valence-electron chi connectivity index (χ4n) is 3.28. The van der Waals surface area contributed by atoms with Crippen LogP contribution in [0.15, 0.2) is 42.5 Å². The van der Waals surface area contributed by atoms with E-state index in [2.05, 4.69) is 62.4 Å². The fourth-order valence-corrected chi connectivity index (χ4v) is 3.28. The van der Waals surface area contributed by atoms with E-state index in [0.29, 0.717) is 11.8 Å². The van der Waals surface area contributed by atoms with E-state index in [-0.39, 0.29) is 0 Å². The zero-order valence-corrected chi connectivity index (χ0v) is 11.2. The van der Waals surface area contributed by atoms with Crippen molar-refractivity contribution < 1.29 is 0 Å². The van der Waals surface area contributed by atoms with Crippen LogP contribution in [0.1, 0.15) is 43.7 Å². The van der Waals surface area contributed by atoms with Crippen LogP contribution in [0.4, 0.5) is 0 Å². The van der Waals surface area contributed by atoms with Crippen molar-refractivity contribution in [3.05, 3.63) is 53.6 Å². The van der Waals surface area contributed by atoms with Gasteiger partial charge in [0.15, 0.2) is 0 Å². The van der Waals surface area contributed by atoms with Crippen LogP contribution in [-0.2, 0) is 0 Å². The van der Waals surface area contributed by atoms with Gasteiger partial charge in [0, 0.05) is 0 Å². The van der Waals surface area contributed by atoms with Gasteiger partial charge >= 0.3 is 0 Å². The average molecular weight is 236 g/mol. The van der Waals surface area contributed by atoms with Crippen LogP contribution in [-0.4, -0.2) is 0 Å². The Kier molecular flexibility index (Phi) is 2.95.